The van der Waals surface area contributed by atoms with E-state index in [9.17, 15) is 0 Å². The summed E-state index contributed by atoms with van der Waals surface area (Å²) in [4.78, 5) is 0. The van der Waals surface area contributed by atoms with E-state index in [4.69, 9.17) is 14.7 Å². The van der Waals surface area contributed by atoms with Crippen LogP contribution in [0.5, 0.6) is 0 Å². The van der Waals surface area contributed by atoms with Gasteiger partial charge >= 0.3 is 0 Å². The predicted molar refractivity (Wildman–Crippen MR) is 80.5 cm³/mol. The Kier molecular flexibility index (Phi) is 3.78. The summed E-state index contributed by atoms with van der Waals surface area (Å²) in [5.74, 6) is -0.379. The van der Waals surface area contributed by atoms with Crippen LogP contribution in [0.3, 0.4) is 0 Å². The van der Waals surface area contributed by atoms with Crippen molar-refractivity contribution in [2.75, 3.05) is 6.61 Å². The van der Waals surface area contributed by atoms with Crippen LogP contribution in [0.4, 0.5) is 0 Å². The molecule has 2 rings (SSSR count). The summed E-state index contributed by atoms with van der Waals surface area (Å²) >= 11 is 0. The molecule has 4 unspecified atom stereocenters. The molecule has 4 nitrogen and oxygen atoms in total. The Morgan fingerprint density at radius 2 is 1.75 bits per heavy atom. The second-order valence-corrected chi connectivity index (χ2v) is 7.76. The SMILES string of the molecule is CCC1(C)CC2(OCC(C)(C)O2)C(C)C(C)(CC)N1[OH2+]. The number of hydrogen-bond acceptors (Lipinski definition) is 3. The molecule has 4 heteroatoms. The van der Waals surface area contributed by atoms with Gasteiger partial charge in [-0.2, -0.15) is 0 Å². The van der Waals surface area contributed by atoms with Crippen LogP contribution in [0, 0.1) is 5.92 Å². The minimum Gasteiger partial charge on any atom is -0.346 e. The molecule has 0 saturated carbocycles. The monoisotopic (exact) mass is 286 g/mol. The molecule has 4 atom stereocenters. The molecule has 0 aromatic heterocycles. The maximum Gasteiger partial charge on any atom is 0.175 e. The van der Waals surface area contributed by atoms with Crippen molar-refractivity contribution < 1.29 is 14.7 Å². The Hall–Kier alpha value is -0.160. The Labute approximate surface area is 123 Å². The normalized spacial score (nSPS) is 48.9. The zero-order valence-corrected chi connectivity index (χ0v) is 14.2. The van der Waals surface area contributed by atoms with Crippen LogP contribution in [0.2, 0.25) is 0 Å². The third-order valence-electron chi connectivity index (χ3n) is 5.86. The molecule has 0 aliphatic carbocycles. The van der Waals surface area contributed by atoms with Gasteiger partial charge < -0.3 is 14.7 Å². The molecule has 0 amide bonds. The molecule has 0 radical (unpaired) electrons. The first kappa shape index (κ1) is 16.2. The molecule has 2 aliphatic rings. The lowest BCUT2D eigenvalue weighted by Gasteiger charge is -2.57. The van der Waals surface area contributed by atoms with Gasteiger partial charge in [0.25, 0.3) is 0 Å². The van der Waals surface area contributed by atoms with Crippen molar-refractivity contribution in [1.82, 2.24) is 5.06 Å². The fourth-order valence-electron chi connectivity index (χ4n) is 3.92. The first-order valence-corrected chi connectivity index (χ1v) is 7.91. The standard InChI is InChI=1S/C16H31NO3/c1-8-14(6)10-16(19-11-13(4,5)20-16)12(3)15(7,9-2)17(14)18/h12,18H,8-11H2,1-7H3/p+1. The van der Waals surface area contributed by atoms with Crippen molar-refractivity contribution in [2.24, 2.45) is 5.92 Å². The van der Waals surface area contributed by atoms with Gasteiger partial charge in [-0.25, -0.2) is 0 Å². The minimum absolute atomic E-state index is 0.166. The fraction of sp³-hybridized carbons (Fsp3) is 1.00. The van der Waals surface area contributed by atoms with Crippen molar-refractivity contribution in [3.05, 3.63) is 0 Å². The molecule has 2 aliphatic heterocycles. The summed E-state index contributed by atoms with van der Waals surface area (Å²) in [5.41, 5.74) is -0.678. The van der Waals surface area contributed by atoms with Gasteiger partial charge in [0, 0.05) is 12.3 Å². The first-order valence-electron chi connectivity index (χ1n) is 7.91. The zero-order valence-electron chi connectivity index (χ0n) is 14.2. The molecule has 0 aromatic rings. The second-order valence-electron chi connectivity index (χ2n) is 7.76. The van der Waals surface area contributed by atoms with E-state index in [0.29, 0.717) is 6.61 Å². The molecule has 2 heterocycles. The van der Waals surface area contributed by atoms with Crippen LogP contribution in [0.25, 0.3) is 0 Å². The largest absolute Gasteiger partial charge is 0.346 e. The zero-order chi connectivity index (χ0) is 15.4. The lowest BCUT2D eigenvalue weighted by atomic mass is 9.67. The second kappa shape index (κ2) is 4.67. The maximum atomic E-state index is 8.68. The Bertz CT molecular complexity index is 386. The van der Waals surface area contributed by atoms with E-state index in [0.717, 1.165) is 19.3 Å². The summed E-state index contributed by atoms with van der Waals surface area (Å²) in [6.07, 6.45) is 2.61. The highest BCUT2D eigenvalue weighted by molar-refractivity contribution is 5.09. The van der Waals surface area contributed by atoms with Crippen molar-refractivity contribution in [1.29, 1.82) is 0 Å². The van der Waals surface area contributed by atoms with Crippen LogP contribution in [0.1, 0.15) is 67.7 Å². The van der Waals surface area contributed by atoms with Gasteiger partial charge in [0.15, 0.2) is 5.79 Å². The molecule has 118 valence electrons. The van der Waals surface area contributed by atoms with Gasteiger partial charge in [-0.1, -0.05) is 25.8 Å². The molecule has 1 spiro atoms. The van der Waals surface area contributed by atoms with E-state index in [1.165, 1.54) is 0 Å². The predicted octanol–water partition coefficient (Wildman–Crippen LogP) is 2.83. The average molecular weight is 286 g/mol. The Morgan fingerprint density at radius 3 is 2.15 bits per heavy atom. The summed E-state index contributed by atoms with van der Waals surface area (Å²) in [5, 5.41) is 10.5. The van der Waals surface area contributed by atoms with Crippen molar-refractivity contribution in [2.45, 2.75) is 90.2 Å². The number of rotatable bonds is 2. The van der Waals surface area contributed by atoms with Gasteiger partial charge in [-0.15, -0.1) is 0 Å². The van der Waals surface area contributed by atoms with Crippen LogP contribution in [-0.4, -0.2) is 39.3 Å². The van der Waals surface area contributed by atoms with Gasteiger partial charge in [0.2, 0.25) is 0 Å². The van der Waals surface area contributed by atoms with Crippen LogP contribution in [0.15, 0.2) is 0 Å². The van der Waals surface area contributed by atoms with E-state index < -0.39 is 5.79 Å². The van der Waals surface area contributed by atoms with E-state index in [-0.39, 0.29) is 22.6 Å². The van der Waals surface area contributed by atoms with E-state index in [2.05, 4.69) is 48.5 Å². The third-order valence-corrected chi connectivity index (χ3v) is 5.86. The highest BCUT2D eigenvalue weighted by atomic mass is 16.8. The molecular weight excluding hydrogens is 254 g/mol. The first-order chi connectivity index (χ1) is 9.05. The van der Waals surface area contributed by atoms with Crippen LogP contribution < -0.4 is 0 Å². The molecular formula is C16H32NO3+. The Morgan fingerprint density at radius 1 is 1.15 bits per heavy atom. The topological polar surface area (TPSA) is 44.6 Å². The number of hydroxylamine groups is 2. The van der Waals surface area contributed by atoms with Crippen LogP contribution in [-0.2, 0) is 9.47 Å². The quantitative estimate of drug-likeness (QED) is 0.733. The van der Waals surface area contributed by atoms with Crippen molar-refractivity contribution in [3.8, 4) is 0 Å². The highest BCUT2D eigenvalue weighted by Crippen LogP contribution is 2.54. The maximum absolute atomic E-state index is 8.68. The lowest BCUT2D eigenvalue weighted by Crippen LogP contribution is -2.71. The molecule has 20 heavy (non-hydrogen) atoms. The Balaban J connectivity index is 2.45. The minimum atomic E-state index is -0.545. The third kappa shape index (κ3) is 2.12. The van der Waals surface area contributed by atoms with Gasteiger partial charge in [-0.3, -0.25) is 0 Å². The molecule has 2 N–H and O–H groups in total. The highest BCUT2D eigenvalue weighted by Gasteiger charge is 2.66. The molecule has 0 bridgehead atoms. The summed E-state index contributed by atoms with van der Waals surface area (Å²) < 4.78 is 12.6. The average Bonchev–Trinajstić information content (AvgIpc) is 2.70. The fourth-order valence-corrected chi connectivity index (χ4v) is 3.92. The number of ether oxygens (including phenoxy) is 2. The van der Waals surface area contributed by atoms with Gasteiger partial charge in [-0.05, 0) is 40.5 Å². The summed E-state index contributed by atoms with van der Waals surface area (Å²) in [7, 11) is 0. The summed E-state index contributed by atoms with van der Waals surface area (Å²) in [6.45, 7) is 15.7. The van der Waals surface area contributed by atoms with Crippen molar-refractivity contribution in [3.63, 3.8) is 0 Å². The van der Waals surface area contributed by atoms with Crippen LogP contribution >= 0.6 is 0 Å². The van der Waals surface area contributed by atoms with E-state index in [1.807, 2.05) is 5.06 Å². The lowest BCUT2D eigenvalue weighted by molar-refractivity contribution is -0.355. The summed E-state index contributed by atoms with van der Waals surface area (Å²) in [6, 6.07) is 0. The van der Waals surface area contributed by atoms with E-state index in [1.54, 1.807) is 0 Å². The number of hydrogen-bond donors (Lipinski definition) is 0. The number of nitrogens with zero attached hydrogens (tertiary/aromatic N) is 1. The molecule has 2 fully saturated rings. The molecule has 0 aromatic carbocycles. The van der Waals surface area contributed by atoms with Crippen molar-refractivity contribution >= 4 is 0 Å². The van der Waals surface area contributed by atoms with Gasteiger partial charge in [0.05, 0.1) is 23.3 Å². The van der Waals surface area contributed by atoms with E-state index >= 15 is 0 Å². The molecule has 2 saturated heterocycles. The number of piperidine rings is 1. The smallest absolute Gasteiger partial charge is 0.175 e. The van der Waals surface area contributed by atoms with Gasteiger partial charge in [0.1, 0.15) is 0 Å².